The lowest BCUT2D eigenvalue weighted by Gasteiger charge is -2.04. The van der Waals surface area contributed by atoms with E-state index in [0.29, 0.717) is 28.3 Å². The Hall–Kier alpha value is -4.38. The molecule has 0 atom stereocenters. The molecule has 8 nitrogen and oxygen atoms in total. The molecule has 2 aromatic heterocycles. The number of nitrogens with one attached hydrogen (secondary N) is 2. The molecule has 0 fully saturated rings. The van der Waals surface area contributed by atoms with E-state index in [2.05, 4.69) is 27.1 Å². The first-order valence-electron chi connectivity index (χ1n) is 8.56. The number of carbonyl (C=O) groups is 1. The predicted octanol–water partition coefficient (Wildman–Crippen LogP) is 3.22. The second kappa shape index (κ2) is 7.32. The summed E-state index contributed by atoms with van der Waals surface area (Å²) in [6.45, 7) is 0. The van der Waals surface area contributed by atoms with Gasteiger partial charge < -0.3 is 15.0 Å². The topological polar surface area (TPSA) is 110 Å². The number of ether oxygens (including phenoxy) is 1. The number of carbonyl (C=O) groups excluding carboxylic acids is 1. The van der Waals surface area contributed by atoms with E-state index in [9.17, 15) is 14.9 Å². The third-order valence-electron chi connectivity index (χ3n) is 4.38. The quantitative estimate of drug-likeness (QED) is 0.311. The number of aromatic amines is 1. The lowest BCUT2D eigenvalue weighted by molar-refractivity contribution is -0.385. The maximum Gasteiger partial charge on any atom is 0.285 e. The normalized spacial score (nSPS) is 13.4. The summed E-state index contributed by atoms with van der Waals surface area (Å²) in [5.41, 5.74) is 2.27. The number of fused-ring (bicyclic) bond motifs is 1. The molecule has 3 heterocycles. The number of H-pyrrole nitrogens is 1. The molecular weight excluding hydrogens is 372 g/mol. The molecule has 142 valence electrons. The van der Waals surface area contributed by atoms with Gasteiger partial charge in [0, 0.05) is 35.8 Å². The zero-order chi connectivity index (χ0) is 20.4. The molecule has 1 aliphatic heterocycles. The summed E-state index contributed by atoms with van der Waals surface area (Å²) in [5.74, 6) is 5.93. The van der Waals surface area contributed by atoms with Gasteiger partial charge in [0.15, 0.2) is 0 Å². The largest absolute Gasteiger partial charge is 0.495 e. The first-order valence-corrected chi connectivity index (χ1v) is 8.56. The monoisotopic (exact) mass is 386 g/mol. The lowest BCUT2D eigenvalue weighted by atomic mass is 9.98. The summed E-state index contributed by atoms with van der Waals surface area (Å²) < 4.78 is 5.27. The maximum atomic E-state index is 12.6. The molecule has 1 amide bonds. The molecular formula is C21H14N4O4. The number of nitro benzene ring substituents is 1. The van der Waals surface area contributed by atoms with Gasteiger partial charge in [0.2, 0.25) is 0 Å². The van der Waals surface area contributed by atoms with Crippen molar-refractivity contribution in [2.24, 2.45) is 0 Å². The Morgan fingerprint density at radius 3 is 2.83 bits per heavy atom. The first-order chi connectivity index (χ1) is 14.1. The van der Waals surface area contributed by atoms with Crippen LogP contribution in [0, 0.1) is 22.0 Å². The fraction of sp³-hybridized carbons (Fsp3) is 0.0476. The van der Waals surface area contributed by atoms with Crippen LogP contribution < -0.4 is 10.1 Å². The fourth-order valence-corrected chi connectivity index (χ4v) is 3.07. The van der Waals surface area contributed by atoms with E-state index in [4.69, 9.17) is 4.74 Å². The van der Waals surface area contributed by atoms with Gasteiger partial charge in [-0.3, -0.25) is 19.9 Å². The van der Waals surface area contributed by atoms with Crippen LogP contribution in [0.2, 0.25) is 0 Å². The summed E-state index contributed by atoms with van der Waals surface area (Å²) in [5, 5.41) is 14.4. The number of pyridine rings is 1. The van der Waals surface area contributed by atoms with E-state index in [1.54, 1.807) is 42.9 Å². The van der Waals surface area contributed by atoms with Crippen molar-refractivity contribution in [1.82, 2.24) is 9.97 Å². The van der Waals surface area contributed by atoms with E-state index in [-0.39, 0.29) is 22.7 Å². The molecule has 0 spiro atoms. The highest BCUT2D eigenvalue weighted by molar-refractivity contribution is 6.35. The Bertz CT molecular complexity index is 1220. The van der Waals surface area contributed by atoms with Crippen LogP contribution in [-0.4, -0.2) is 27.9 Å². The van der Waals surface area contributed by atoms with Gasteiger partial charge >= 0.3 is 0 Å². The second-order valence-corrected chi connectivity index (χ2v) is 6.10. The number of hydrogen-bond donors (Lipinski definition) is 2. The number of amides is 1. The molecule has 0 aliphatic carbocycles. The summed E-state index contributed by atoms with van der Waals surface area (Å²) in [7, 11) is 1.52. The Labute approximate surface area is 165 Å². The summed E-state index contributed by atoms with van der Waals surface area (Å²) >= 11 is 0. The van der Waals surface area contributed by atoms with E-state index >= 15 is 0 Å². The van der Waals surface area contributed by atoms with Gasteiger partial charge in [-0.2, -0.15) is 0 Å². The van der Waals surface area contributed by atoms with E-state index in [1.165, 1.54) is 19.2 Å². The Morgan fingerprint density at radius 1 is 1.24 bits per heavy atom. The number of rotatable bonds is 3. The Morgan fingerprint density at radius 2 is 2.10 bits per heavy atom. The minimum Gasteiger partial charge on any atom is -0.495 e. The van der Waals surface area contributed by atoms with Crippen LogP contribution in [0.5, 0.6) is 5.75 Å². The highest BCUT2D eigenvalue weighted by atomic mass is 16.6. The van der Waals surface area contributed by atoms with Gasteiger partial charge in [-0.1, -0.05) is 11.8 Å². The Balaban J connectivity index is 1.93. The predicted molar refractivity (Wildman–Crippen MR) is 107 cm³/mol. The molecule has 1 aliphatic rings. The van der Waals surface area contributed by atoms with Crippen molar-refractivity contribution < 1.29 is 14.5 Å². The molecule has 1 aromatic carbocycles. The van der Waals surface area contributed by atoms with Crippen molar-refractivity contribution in [3.63, 3.8) is 0 Å². The number of methoxy groups -OCH3 is 1. The van der Waals surface area contributed by atoms with Gasteiger partial charge in [0.25, 0.3) is 11.6 Å². The van der Waals surface area contributed by atoms with Crippen molar-refractivity contribution in [1.29, 1.82) is 0 Å². The van der Waals surface area contributed by atoms with Crippen molar-refractivity contribution in [2.75, 3.05) is 12.4 Å². The molecule has 29 heavy (non-hydrogen) atoms. The molecule has 0 bridgehead atoms. The molecule has 0 unspecified atom stereocenters. The SMILES string of the molecule is COc1cc[nH]c1/C=C1\C(=O)Nc2ccc([N+](=O)[O-])c(C#Cc3cccnc3)c21. The minimum atomic E-state index is -0.511. The standard InChI is InChI=1S/C21H14N4O4/c1-29-19-8-10-23-17(19)11-15-20-14(5-4-13-3-2-9-22-12-13)18(25(27)28)7-6-16(20)24-21(15)26/h2-3,6-12,23H,1H3,(H,24,26)/b15-11-. The first kappa shape index (κ1) is 18.0. The third-order valence-corrected chi connectivity index (χ3v) is 4.38. The van der Waals surface area contributed by atoms with Gasteiger partial charge in [-0.15, -0.1) is 0 Å². The van der Waals surface area contributed by atoms with Crippen LogP contribution in [0.3, 0.4) is 0 Å². The molecule has 3 aromatic rings. The number of anilines is 1. The zero-order valence-corrected chi connectivity index (χ0v) is 15.2. The summed E-state index contributed by atoms with van der Waals surface area (Å²) in [6, 6.07) is 8.04. The highest BCUT2D eigenvalue weighted by Crippen LogP contribution is 2.40. The van der Waals surface area contributed by atoms with Crippen molar-refractivity contribution in [3.8, 4) is 17.6 Å². The number of nitro groups is 1. The average Bonchev–Trinajstić information content (AvgIpc) is 3.31. The summed E-state index contributed by atoms with van der Waals surface area (Å²) in [6.07, 6.45) is 6.45. The number of hydrogen-bond acceptors (Lipinski definition) is 5. The number of nitrogens with zero attached hydrogens (tertiary/aromatic N) is 2. The minimum absolute atomic E-state index is 0.159. The summed E-state index contributed by atoms with van der Waals surface area (Å²) in [4.78, 5) is 30.7. The average molecular weight is 386 g/mol. The van der Waals surface area contributed by atoms with Crippen LogP contribution >= 0.6 is 0 Å². The third kappa shape index (κ3) is 3.33. The van der Waals surface area contributed by atoms with Gasteiger partial charge in [-0.25, -0.2) is 0 Å². The van der Waals surface area contributed by atoms with Gasteiger partial charge in [0.1, 0.15) is 11.3 Å². The molecule has 8 heteroatoms. The van der Waals surface area contributed by atoms with Crippen LogP contribution in [0.25, 0.3) is 11.6 Å². The zero-order valence-electron chi connectivity index (χ0n) is 15.2. The van der Waals surface area contributed by atoms with Crippen LogP contribution in [0.1, 0.15) is 22.4 Å². The maximum absolute atomic E-state index is 12.6. The lowest BCUT2D eigenvalue weighted by Crippen LogP contribution is -2.03. The van der Waals surface area contributed by atoms with Crippen molar-refractivity contribution in [3.05, 3.63) is 81.4 Å². The highest BCUT2D eigenvalue weighted by Gasteiger charge is 2.31. The van der Waals surface area contributed by atoms with Gasteiger partial charge in [-0.05, 0) is 30.3 Å². The van der Waals surface area contributed by atoms with Crippen LogP contribution in [0.4, 0.5) is 11.4 Å². The molecule has 4 rings (SSSR count). The van der Waals surface area contributed by atoms with Gasteiger partial charge in [0.05, 0.1) is 29.0 Å². The van der Waals surface area contributed by atoms with E-state index < -0.39 is 4.92 Å². The van der Waals surface area contributed by atoms with Crippen LogP contribution in [-0.2, 0) is 4.79 Å². The number of aromatic nitrogens is 2. The second-order valence-electron chi connectivity index (χ2n) is 6.10. The van der Waals surface area contributed by atoms with E-state index in [1.807, 2.05) is 0 Å². The molecule has 2 N–H and O–H groups in total. The molecule has 0 saturated carbocycles. The van der Waals surface area contributed by atoms with Crippen LogP contribution in [0.15, 0.2) is 48.9 Å². The van der Waals surface area contributed by atoms with E-state index in [0.717, 1.165) is 0 Å². The molecule has 0 radical (unpaired) electrons. The smallest absolute Gasteiger partial charge is 0.285 e. The molecule has 0 saturated heterocycles. The number of benzene rings is 1. The Kier molecular flexibility index (Phi) is 4.55. The fourth-order valence-electron chi connectivity index (χ4n) is 3.07. The van der Waals surface area contributed by atoms with Crippen molar-refractivity contribution >= 4 is 28.9 Å². The van der Waals surface area contributed by atoms with Crippen molar-refractivity contribution in [2.45, 2.75) is 0 Å².